The molecule has 29 heavy (non-hydrogen) atoms. The summed E-state index contributed by atoms with van der Waals surface area (Å²) in [6, 6.07) is 7.71. The summed E-state index contributed by atoms with van der Waals surface area (Å²) in [5.74, 6) is -0.0926. The number of benzene rings is 1. The highest BCUT2D eigenvalue weighted by atomic mass is 16.2. The fourth-order valence-corrected chi connectivity index (χ4v) is 3.67. The van der Waals surface area contributed by atoms with Crippen molar-refractivity contribution in [3.05, 3.63) is 48.0 Å². The molecular weight excluding hydrogens is 368 g/mol. The van der Waals surface area contributed by atoms with Crippen molar-refractivity contribution in [2.75, 3.05) is 18.4 Å². The van der Waals surface area contributed by atoms with Gasteiger partial charge in [-0.15, -0.1) is 0 Å². The van der Waals surface area contributed by atoms with Gasteiger partial charge >= 0.3 is 0 Å². The number of aromatic nitrogens is 2. The lowest BCUT2D eigenvalue weighted by Crippen LogP contribution is -2.42. The minimum absolute atomic E-state index is 0.0245. The Bertz CT molecular complexity index is 890. The molecule has 7 nitrogen and oxygen atoms in total. The van der Waals surface area contributed by atoms with E-state index in [9.17, 15) is 14.4 Å². The van der Waals surface area contributed by atoms with Crippen molar-refractivity contribution in [3.8, 4) is 0 Å². The number of hydrogen-bond acceptors (Lipinski definition) is 4. The van der Waals surface area contributed by atoms with Crippen LogP contribution in [0.2, 0.25) is 0 Å². The topological polar surface area (TPSA) is 84.3 Å². The Labute approximate surface area is 171 Å². The van der Waals surface area contributed by atoms with E-state index < -0.39 is 0 Å². The normalized spacial score (nSPS) is 16.5. The molecule has 7 heteroatoms. The summed E-state index contributed by atoms with van der Waals surface area (Å²) in [7, 11) is 1.79. The van der Waals surface area contributed by atoms with Crippen LogP contribution in [0.15, 0.2) is 36.7 Å². The third kappa shape index (κ3) is 5.31. The summed E-state index contributed by atoms with van der Waals surface area (Å²) in [4.78, 5) is 43.3. The molecule has 0 spiro atoms. The van der Waals surface area contributed by atoms with Gasteiger partial charge in [0.15, 0.2) is 5.82 Å². The summed E-state index contributed by atoms with van der Waals surface area (Å²) < 4.78 is 1.71. The number of nitrogens with zero attached hydrogens (tertiary/aromatic N) is 3. The number of likely N-dealkylation sites (tertiary alicyclic amines) is 1. The first-order chi connectivity index (χ1) is 14.0. The van der Waals surface area contributed by atoms with E-state index in [0.717, 1.165) is 30.5 Å². The molecule has 1 N–H and O–H groups in total. The number of anilines is 1. The number of hydrogen-bond donors (Lipinski definition) is 1. The molecule has 2 aromatic rings. The lowest BCUT2D eigenvalue weighted by Gasteiger charge is -2.32. The maximum Gasteiger partial charge on any atom is 0.224 e. The maximum absolute atomic E-state index is 12.7. The molecule has 0 aliphatic carbocycles. The summed E-state index contributed by atoms with van der Waals surface area (Å²) in [6.45, 7) is 3.08. The monoisotopic (exact) mass is 396 g/mol. The molecule has 0 bridgehead atoms. The first-order valence-electron chi connectivity index (χ1n) is 10.2. The van der Waals surface area contributed by atoms with Gasteiger partial charge in [-0.3, -0.25) is 14.4 Å². The van der Waals surface area contributed by atoms with E-state index in [0.29, 0.717) is 18.9 Å². The molecule has 154 valence electrons. The highest BCUT2D eigenvalue weighted by molar-refractivity contribution is 5.96. The second-order valence-corrected chi connectivity index (χ2v) is 7.51. The minimum atomic E-state index is -0.237. The van der Waals surface area contributed by atoms with Crippen LogP contribution in [0.3, 0.4) is 0 Å². The number of carbonyl (C=O) groups excluding carboxylic acids is 3. The van der Waals surface area contributed by atoms with Crippen molar-refractivity contribution in [1.82, 2.24) is 14.5 Å². The van der Waals surface area contributed by atoms with Crippen molar-refractivity contribution in [1.29, 1.82) is 0 Å². The van der Waals surface area contributed by atoms with Gasteiger partial charge in [0.2, 0.25) is 17.6 Å². The van der Waals surface area contributed by atoms with Crippen LogP contribution in [0.5, 0.6) is 0 Å². The van der Waals surface area contributed by atoms with Crippen molar-refractivity contribution in [2.45, 2.75) is 39.0 Å². The highest BCUT2D eigenvalue weighted by Gasteiger charge is 2.30. The number of piperidine rings is 1. The van der Waals surface area contributed by atoms with E-state index in [-0.39, 0.29) is 36.4 Å². The van der Waals surface area contributed by atoms with E-state index in [1.165, 1.54) is 0 Å². The van der Waals surface area contributed by atoms with Crippen LogP contribution < -0.4 is 5.32 Å². The van der Waals surface area contributed by atoms with Crippen LogP contribution in [0.4, 0.5) is 5.69 Å². The van der Waals surface area contributed by atoms with Gasteiger partial charge < -0.3 is 14.8 Å². The molecule has 1 aromatic carbocycles. The predicted octanol–water partition coefficient (Wildman–Crippen LogP) is 2.82. The number of Topliss-reactive ketones (excluding diaryl/α,β-unsaturated/α-hetero) is 1. The molecule has 3 rings (SSSR count). The van der Waals surface area contributed by atoms with E-state index in [4.69, 9.17) is 0 Å². The number of rotatable bonds is 7. The second-order valence-electron chi connectivity index (χ2n) is 7.51. The SMILES string of the molecule is CCc1cccc(NC(=O)CCC(=O)N2CCCC(C(=O)c3nccn3C)C2)c1. The van der Waals surface area contributed by atoms with Crippen molar-refractivity contribution >= 4 is 23.3 Å². The lowest BCUT2D eigenvalue weighted by atomic mass is 9.93. The smallest absolute Gasteiger partial charge is 0.224 e. The van der Waals surface area contributed by atoms with Crippen LogP contribution in [0, 0.1) is 5.92 Å². The molecule has 1 fully saturated rings. The predicted molar refractivity (Wildman–Crippen MR) is 111 cm³/mol. The Balaban J connectivity index is 1.50. The third-order valence-electron chi connectivity index (χ3n) is 5.37. The average molecular weight is 396 g/mol. The van der Waals surface area contributed by atoms with Gasteiger partial charge in [-0.05, 0) is 37.0 Å². The van der Waals surface area contributed by atoms with Crippen molar-refractivity contribution < 1.29 is 14.4 Å². The standard InChI is InChI=1S/C22H28N4O3/c1-3-16-6-4-8-18(14-16)24-19(27)9-10-20(28)26-12-5-7-17(15-26)21(29)22-23-11-13-25(22)2/h4,6,8,11,13-14,17H,3,5,7,9-10,12,15H2,1-2H3,(H,24,27). The Morgan fingerprint density at radius 1 is 1.24 bits per heavy atom. The zero-order chi connectivity index (χ0) is 20.8. The molecule has 2 amide bonds. The number of amides is 2. The fourth-order valence-electron chi connectivity index (χ4n) is 3.67. The van der Waals surface area contributed by atoms with Crippen molar-refractivity contribution in [2.24, 2.45) is 13.0 Å². The summed E-state index contributed by atoms with van der Waals surface area (Å²) >= 11 is 0. The van der Waals surface area contributed by atoms with Gasteiger partial charge in [-0.2, -0.15) is 0 Å². The van der Waals surface area contributed by atoms with Gasteiger partial charge in [0.1, 0.15) is 0 Å². The summed E-state index contributed by atoms with van der Waals surface area (Å²) in [5, 5.41) is 2.85. The van der Waals surface area contributed by atoms with Crippen molar-refractivity contribution in [3.63, 3.8) is 0 Å². The maximum atomic E-state index is 12.7. The van der Waals surface area contributed by atoms with Crippen LogP contribution >= 0.6 is 0 Å². The van der Waals surface area contributed by atoms with E-state index in [1.54, 1.807) is 28.9 Å². The van der Waals surface area contributed by atoms with Crippen LogP contribution in [-0.4, -0.2) is 45.1 Å². The molecule has 0 saturated carbocycles. The lowest BCUT2D eigenvalue weighted by molar-refractivity contribution is -0.134. The molecule has 1 aliphatic heterocycles. The zero-order valence-corrected chi connectivity index (χ0v) is 17.1. The van der Waals surface area contributed by atoms with Gasteiger partial charge in [-0.25, -0.2) is 4.98 Å². The molecule has 0 radical (unpaired) electrons. The average Bonchev–Trinajstić information content (AvgIpc) is 3.17. The van der Waals surface area contributed by atoms with E-state index >= 15 is 0 Å². The van der Waals surface area contributed by atoms with Crippen LogP contribution in [-0.2, 0) is 23.1 Å². The number of ketones is 1. The number of imidazole rings is 1. The quantitative estimate of drug-likeness (QED) is 0.730. The van der Waals surface area contributed by atoms with Crippen LogP contribution in [0.1, 0.15) is 48.8 Å². The molecule has 2 heterocycles. The molecule has 1 atom stereocenters. The zero-order valence-electron chi connectivity index (χ0n) is 17.1. The molecule has 1 saturated heterocycles. The minimum Gasteiger partial charge on any atom is -0.342 e. The number of nitrogens with one attached hydrogen (secondary N) is 1. The molecule has 1 unspecified atom stereocenters. The Morgan fingerprint density at radius 3 is 2.79 bits per heavy atom. The summed E-state index contributed by atoms with van der Waals surface area (Å²) in [5.41, 5.74) is 1.90. The Kier molecular flexibility index (Phi) is 6.80. The molecular formula is C22H28N4O3. The van der Waals surface area contributed by atoms with E-state index in [2.05, 4.69) is 17.2 Å². The number of carbonyl (C=O) groups is 3. The Hall–Kier alpha value is -2.96. The number of aryl methyl sites for hydroxylation is 2. The summed E-state index contributed by atoms with van der Waals surface area (Å²) in [6.07, 6.45) is 6.05. The van der Waals surface area contributed by atoms with Gasteiger partial charge in [0.25, 0.3) is 0 Å². The molecule has 1 aromatic heterocycles. The van der Waals surface area contributed by atoms with Crippen LogP contribution in [0.25, 0.3) is 0 Å². The fraction of sp³-hybridized carbons (Fsp3) is 0.455. The molecule has 1 aliphatic rings. The second kappa shape index (κ2) is 9.49. The van der Waals surface area contributed by atoms with E-state index in [1.807, 2.05) is 24.3 Å². The highest BCUT2D eigenvalue weighted by Crippen LogP contribution is 2.21. The van der Waals surface area contributed by atoms with Gasteiger partial charge in [0.05, 0.1) is 0 Å². The first kappa shape index (κ1) is 20.8. The first-order valence-corrected chi connectivity index (χ1v) is 10.2. The van der Waals surface area contributed by atoms with Gasteiger partial charge in [0, 0.05) is 57.0 Å². The largest absolute Gasteiger partial charge is 0.342 e. The van der Waals surface area contributed by atoms with Gasteiger partial charge in [-0.1, -0.05) is 19.1 Å². The third-order valence-corrected chi connectivity index (χ3v) is 5.37. The Morgan fingerprint density at radius 2 is 2.07 bits per heavy atom.